The van der Waals surface area contributed by atoms with Crippen LogP contribution >= 0.6 is 11.6 Å². The van der Waals surface area contributed by atoms with Gasteiger partial charge in [0.2, 0.25) is 0 Å². The highest BCUT2D eigenvalue weighted by Gasteiger charge is 2.18. The second-order valence-electron chi connectivity index (χ2n) is 5.94. The van der Waals surface area contributed by atoms with Gasteiger partial charge in [-0.2, -0.15) is 5.10 Å². The van der Waals surface area contributed by atoms with Gasteiger partial charge in [-0.1, -0.05) is 38.3 Å². The predicted molar refractivity (Wildman–Crippen MR) is 80.4 cm³/mol. The Morgan fingerprint density at radius 3 is 2.58 bits per heavy atom. The minimum absolute atomic E-state index is 0.828. The van der Waals surface area contributed by atoms with Crippen molar-refractivity contribution < 1.29 is 0 Å². The van der Waals surface area contributed by atoms with Crippen LogP contribution in [0.1, 0.15) is 50.9 Å². The van der Waals surface area contributed by atoms with Gasteiger partial charge in [0, 0.05) is 13.6 Å². The van der Waals surface area contributed by atoms with Gasteiger partial charge in [0.05, 0.1) is 16.4 Å². The van der Waals surface area contributed by atoms with Gasteiger partial charge in [0.15, 0.2) is 0 Å². The van der Waals surface area contributed by atoms with Crippen molar-refractivity contribution in [2.75, 3.05) is 6.54 Å². The molecule has 1 saturated carbocycles. The van der Waals surface area contributed by atoms with E-state index in [0.29, 0.717) is 0 Å². The molecule has 2 rings (SSSR count). The van der Waals surface area contributed by atoms with Crippen molar-refractivity contribution in [3.8, 4) is 0 Å². The zero-order valence-electron chi connectivity index (χ0n) is 12.4. The molecule has 3 nitrogen and oxygen atoms in total. The van der Waals surface area contributed by atoms with Crippen LogP contribution in [0.25, 0.3) is 0 Å². The molecule has 0 aliphatic heterocycles. The quantitative estimate of drug-likeness (QED) is 0.896. The highest BCUT2D eigenvalue weighted by molar-refractivity contribution is 6.31. The lowest BCUT2D eigenvalue weighted by molar-refractivity contribution is 0.281. The molecule has 0 atom stereocenters. The van der Waals surface area contributed by atoms with Crippen LogP contribution in [0.2, 0.25) is 5.02 Å². The first-order valence-electron chi connectivity index (χ1n) is 7.52. The molecule has 0 saturated heterocycles. The Labute approximate surface area is 121 Å². The van der Waals surface area contributed by atoms with E-state index in [1.165, 1.54) is 25.7 Å². The lowest BCUT2D eigenvalue weighted by Crippen LogP contribution is -2.26. The van der Waals surface area contributed by atoms with Crippen molar-refractivity contribution in [2.24, 2.45) is 18.9 Å². The molecule has 0 bridgehead atoms. The number of nitrogens with one attached hydrogen (secondary N) is 1. The summed E-state index contributed by atoms with van der Waals surface area (Å²) in [6.07, 6.45) is 6.41. The molecule has 1 aromatic heterocycles. The zero-order valence-corrected chi connectivity index (χ0v) is 13.1. The highest BCUT2D eigenvalue weighted by Crippen LogP contribution is 2.28. The molecule has 19 heavy (non-hydrogen) atoms. The number of aromatic nitrogens is 2. The lowest BCUT2D eigenvalue weighted by Gasteiger charge is -2.26. The van der Waals surface area contributed by atoms with Crippen LogP contribution < -0.4 is 5.32 Å². The first-order valence-corrected chi connectivity index (χ1v) is 7.90. The third-order valence-electron chi connectivity index (χ3n) is 4.36. The summed E-state index contributed by atoms with van der Waals surface area (Å²) in [5, 5.41) is 8.85. The van der Waals surface area contributed by atoms with E-state index in [-0.39, 0.29) is 0 Å². The number of halogens is 1. The third kappa shape index (κ3) is 3.73. The van der Waals surface area contributed by atoms with E-state index < -0.39 is 0 Å². The van der Waals surface area contributed by atoms with E-state index in [9.17, 15) is 0 Å². The van der Waals surface area contributed by atoms with Crippen LogP contribution in [0, 0.1) is 11.8 Å². The van der Waals surface area contributed by atoms with Gasteiger partial charge < -0.3 is 5.32 Å². The Balaban J connectivity index is 1.81. The minimum atomic E-state index is 0.828. The van der Waals surface area contributed by atoms with Gasteiger partial charge in [-0.3, -0.25) is 4.68 Å². The Bertz CT molecular complexity index is 406. The summed E-state index contributed by atoms with van der Waals surface area (Å²) < 4.78 is 1.91. The van der Waals surface area contributed by atoms with Crippen LogP contribution in [-0.2, 0) is 20.0 Å². The van der Waals surface area contributed by atoms with E-state index in [2.05, 4.69) is 24.3 Å². The maximum Gasteiger partial charge on any atom is 0.0863 e. The SMILES string of the molecule is CCc1nn(C)c(CNCC2CCC(C)CC2)c1Cl. The van der Waals surface area contributed by atoms with Crippen molar-refractivity contribution in [3.05, 3.63) is 16.4 Å². The molecule has 1 aliphatic rings. The summed E-state index contributed by atoms with van der Waals surface area (Å²) in [6, 6.07) is 0. The van der Waals surface area contributed by atoms with Crippen molar-refractivity contribution in [2.45, 2.75) is 52.5 Å². The van der Waals surface area contributed by atoms with Crippen LogP contribution in [0.3, 0.4) is 0 Å². The number of rotatable bonds is 5. The topological polar surface area (TPSA) is 29.9 Å². The maximum atomic E-state index is 6.35. The largest absolute Gasteiger partial charge is 0.311 e. The number of hydrogen-bond donors (Lipinski definition) is 1. The van der Waals surface area contributed by atoms with Gasteiger partial charge in [-0.05, 0) is 37.6 Å². The Kier molecular flexibility index (Phi) is 5.28. The summed E-state index contributed by atoms with van der Waals surface area (Å²) in [4.78, 5) is 0. The van der Waals surface area contributed by atoms with Crippen molar-refractivity contribution in [3.63, 3.8) is 0 Å². The van der Waals surface area contributed by atoms with E-state index in [4.69, 9.17) is 11.6 Å². The van der Waals surface area contributed by atoms with E-state index in [1.807, 2.05) is 11.7 Å². The van der Waals surface area contributed by atoms with Crippen LogP contribution in [0.15, 0.2) is 0 Å². The first kappa shape index (κ1) is 14.9. The molecular formula is C15H26ClN3. The molecule has 0 radical (unpaired) electrons. The van der Waals surface area contributed by atoms with Gasteiger partial charge in [-0.25, -0.2) is 0 Å². The standard InChI is InChI=1S/C15H26ClN3/c1-4-13-15(16)14(19(3)18-13)10-17-9-12-7-5-11(2)6-8-12/h11-12,17H,4-10H2,1-3H3. The maximum absolute atomic E-state index is 6.35. The molecule has 1 aliphatic carbocycles. The fraction of sp³-hybridized carbons (Fsp3) is 0.800. The van der Waals surface area contributed by atoms with Crippen molar-refractivity contribution in [1.29, 1.82) is 0 Å². The molecule has 0 amide bonds. The molecule has 0 aromatic carbocycles. The van der Waals surface area contributed by atoms with Crippen LogP contribution in [0.4, 0.5) is 0 Å². The van der Waals surface area contributed by atoms with Gasteiger partial charge >= 0.3 is 0 Å². The van der Waals surface area contributed by atoms with Crippen molar-refractivity contribution in [1.82, 2.24) is 15.1 Å². The number of aryl methyl sites for hydroxylation is 2. The summed E-state index contributed by atoms with van der Waals surface area (Å²) in [7, 11) is 1.98. The third-order valence-corrected chi connectivity index (χ3v) is 4.80. The summed E-state index contributed by atoms with van der Waals surface area (Å²) >= 11 is 6.35. The molecule has 1 heterocycles. The van der Waals surface area contributed by atoms with E-state index >= 15 is 0 Å². The first-order chi connectivity index (χ1) is 9.11. The van der Waals surface area contributed by atoms with Gasteiger partial charge in [-0.15, -0.1) is 0 Å². The Hall–Kier alpha value is -0.540. The van der Waals surface area contributed by atoms with Crippen LogP contribution in [-0.4, -0.2) is 16.3 Å². The fourth-order valence-corrected chi connectivity index (χ4v) is 3.30. The van der Waals surface area contributed by atoms with Gasteiger partial charge in [0.1, 0.15) is 0 Å². The normalized spacial score (nSPS) is 23.8. The predicted octanol–water partition coefficient (Wildman–Crippen LogP) is 3.55. The zero-order chi connectivity index (χ0) is 13.8. The smallest absolute Gasteiger partial charge is 0.0863 e. The molecular weight excluding hydrogens is 258 g/mol. The summed E-state index contributed by atoms with van der Waals surface area (Å²) in [5.74, 6) is 1.77. The Morgan fingerprint density at radius 1 is 1.32 bits per heavy atom. The highest BCUT2D eigenvalue weighted by atomic mass is 35.5. The molecule has 0 unspecified atom stereocenters. The lowest BCUT2D eigenvalue weighted by atomic mass is 9.83. The number of nitrogens with zero attached hydrogens (tertiary/aromatic N) is 2. The van der Waals surface area contributed by atoms with E-state index in [0.717, 1.165) is 47.8 Å². The average Bonchev–Trinajstić information content (AvgIpc) is 2.68. The fourth-order valence-electron chi connectivity index (χ4n) is 2.94. The summed E-state index contributed by atoms with van der Waals surface area (Å²) in [6.45, 7) is 6.39. The summed E-state index contributed by atoms with van der Waals surface area (Å²) in [5.41, 5.74) is 2.12. The second-order valence-corrected chi connectivity index (χ2v) is 6.32. The van der Waals surface area contributed by atoms with Crippen LogP contribution in [0.5, 0.6) is 0 Å². The minimum Gasteiger partial charge on any atom is -0.311 e. The molecule has 1 N–H and O–H groups in total. The Morgan fingerprint density at radius 2 is 2.00 bits per heavy atom. The average molecular weight is 284 g/mol. The molecule has 4 heteroatoms. The second kappa shape index (κ2) is 6.76. The molecule has 1 fully saturated rings. The number of hydrogen-bond acceptors (Lipinski definition) is 2. The molecule has 0 spiro atoms. The van der Waals surface area contributed by atoms with Gasteiger partial charge in [0.25, 0.3) is 0 Å². The van der Waals surface area contributed by atoms with Crippen molar-refractivity contribution >= 4 is 11.6 Å². The monoisotopic (exact) mass is 283 g/mol. The molecule has 108 valence electrons. The molecule has 1 aromatic rings. The van der Waals surface area contributed by atoms with E-state index in [1.54, 1.807) is 0 Å².